The Bertz CT molecular complexity index is 1100. The van der Waals surface area contributed by atoms with Crippen molar-refractivity contribution < 1.29 is 34.8 Å². The van der Waals surface area contributed by atoms with Gasteiger partial charge in [-0.05, 0) is 55.8 Å². The summed E-state index contributed by atoms with van der Waals surface area (Å²) in [6.45, 7) is 3.19. The lowest BCUT2D eigenvalue weighted by Gasteiger charge is -2.24. The molecular formula is C23H23BrN2O7. The fourth-order valence-electron chi connectivity index (χ4n) is 3.32. The molecule has 2 aliphatic rings. The van der Waals surface area contributed by atoms with E-state index in [2.05, 4.69) is 40.3 Å². The second kappa shape index (κ2) is 10.7. The second-order valence-electron chi connectivity index (χ2n) is 7.36. The molecule has 10 heteroatoms. The molecule has 33 heavy (non-hydrogen) atoms. The number of fused-ring (bicyclic) bond motifs is 2. The summed E-state index contributed by atoms with van der Waals surface area (Å²) in [5, 5.41) is 36.0. The van der Waals surface area contributed by atoms with Crippen LogP contribution in [-0.4, -0.2) is 62.9 Å². The first kappa shape index (κ1) is 24.6. The van der Waals surface area contributed by atoms with Gasteiger partial charge in [-0.2, -0.15) is 0 Å². The van der Waals surface area contributed by atoms with Crippen LogP contribution in [-0.2, 0) is 9.59 Å². The Kier molecular flexibility index (Phi) is 7.98. The van der Waals surface area contributed by atoms with Gasteiger partial charge >= 0.3 is 11.9 Å². The number of hydrogen-bond acceptors (Lipinski definition) is 7. The minimum absolute atomic E-state index is 0.277. The second-order valence-corrected chi connectivity index (χ2v) is 8.28. The Balaban J connectivity index is 0.000000262. The van der Waals surface area contributed by atoms with Crippen LogP contribution in [0.25, 0.3) is 0 Å². The number of para-hydroxylation sites is 2. The summed E-state index contributed by atoms with van der Waals surface area (Å²) in [5.41, 5.74) is 4.12. The van der Waals surface area contributed by atoms with Crippen LogP contribution in [0.3, 0.4) is 0 Å². The number of benzene rings is 2. The summed E-state index contributed by atoms with van der Waals surface area (Å²) in [6, 6.07) is 14.3. The van der Waals surface area contributed by atoms with Crippen LogP contribution >= 0.6 is 15.9 Å². The number of aliphatic imine (C=N–C) groups is 1. The number of carboxylic acid groups (broad SMARTS) is 2. The number of aliphatic hydroxyl groups is 2. The van der Waals surface area contributed by atoms with Gasteiger partial charge in [-0.1, -0.05) is 34.1 Å². The molecule has 0 spiro atoms. The number of nitrogens with zero attached hydrogens (tertiary/aromatic N) is 1. The third-order valence-corrected chi connectivity index (χ3v) is 5.51. The van der Waals surface area contributed by atoms with Gasteiger partial charge in [0.1, 0.15) is 11.4 Å². The number of aliphatic hydroxyl groups excluding tert-OH is 2. The molecule has 0 saturated carbocycles. The Morgan fingerprint density at radius 1 is 1.09 bits per heavy atom. The van der Waals surface area contributed by atoms with Crippen molar-refractivity contribution in [2.45, 2.75) is 31.6 Å². The van der Waals surface area contributed by atoms with Crippen molar-refractivity contribution >= 4 is 39.3 Å². The molecule has 0 bridgehead atoms. The molecule has 174 valence electrons. The predicted molar refractivity (Wildman–Crippen MR) is 124 cm³/mol. The van der Waals surface area contributed by atoms with E-state index in [-0.39, 0.29) is 6.04 Å². The molecule has 0 aliphatic carbocycles. The summed E-state index contributed by atoms with van der Waals surface area (Å²) in [6.07, 6.45) is -1.22. The van der Waals surface area contributed by atoms with Gasteiger partial charge in [0.05, 0.1) is 5.71 Å². The molecule has 9 nitrogen and oxygen atoms in total. The van der Waals surface area contributed by atoms with Crippen molar-refractivity contribution in [1.82, 2.24) is 5.32 Å². The minimum atomic E-state index is -2.27. The largest absolute Gasteiger partial charge is 0.479 e. The van der Waals surface area contributed by atoms with E-state index in [1.165, 1.54) is 5.57 Å². The van der Waals surface area contributed by atoms with Crippen molar-refractivity contribution in [3.05, 3.63) is 64.1 Å². The third kappa shape index (κ3) is 5.85. The average Bonchev–Trinajstić information content (AvgIpc) is 2.95. The Morgan fingerprint density at radius 2 is 1.76 bits per heavy atom. The molecule has 0 saturated heterocycles. The van der Waals surface area contributed by atoms with Gasteiger partial charge in [-0.25, -0.2) is 14.6 Å². The van der Waals surface area contributed by atoms with Gasteiger partial charge in [-0.3, -0.25) is 0 Å². The first-order valence-corrected chi connectivity index (χ1v) is 10.9. The quantitative estimate of drug-likeness (QED) is 0.414. The number of halogens is 1. The summed E-state index contributed by atoms with van der Waals surface area (Å²) in [5.74, 6) is -1.90. The molecule has 4 rings (SSSR count). The summed E-state index contributed by atoms with van der Waals surface area (Å²) >= 11 is 3.57. The fourth-order valence-corrected chi connectivity index (χ4v) is 3.68. The van der Waals surface area contributed by atoms with Gasteiger partial charge in [-0.15, -0.1) is 0 Å². The van der Waals surface area contributed by atoms with Crippen LogP contribution in [0, 0.1) is 0 Å². The molecule has 5 N–H and O–H groups in total. The fraction of sp³-hybridized carbons (Fsp3) is 0.261. The molecule has 2 heterocycles. The summed E-state index contributed by atoms with van der Waals surface area (Å²) < 4.78 is 7.15. The highest BCUT2D eigenvalue weighted by atomic mass is 79.9. The summed E-state index contributed by atoms with van der Waals surface area (Å²) in [4.78, 5) is 24.5. The predicted octanol–water partition coefficient (Wildman–Crippen LogP) is 2.86. The standard InChI is InChI=1S/C19H17BrN2O.C4H6O6/c1-12-14(5-4-10-21-12)19-15-11-13(20)8-9-17(15)23-18-7-3-2-6-16(18)22-19;5-1(3(7)8)2(6)4(9)10/h2-3,5-9,11-12,21H,4,10H2,1H3;1-2,5-6H,(H,7,8)(H,9,10). The van der Waals surface area contributed by atoms with Crippen LogP contribution < -0.4 is 10.1 Å². The number of carboxylic acids is 2. The topological polar surface area (TPSA) is 149 Å². The van der Waals surface area contributed by atoms with Crippen LogP contribution in [0.2, 0.25) is 0 Å². The maximum Gasteiger partial charge on any atom is 0.335 e. The number of nitrogens with one attached hydrogen (secondary N) is 1. The van der Waals surface area contributed by atoms with Gasteiger partial charge < -0.3 is 30.5 Å². The first-order valence-electron chi connectivity index (χ1n) is 10.1. The zero-order chi connectivity index (χ0) is 24.1. The van der Waals surface area contributed by atoms with Crippen molar-refractivity contribution in [2.24, 2.45) is 4.99 Å². The first-order chi connectivity index (χ1) is 15.7. The monoisotopic (exact) mass is 518 g/mol. The molecule has 2 aliphatic heterocycles. The Hall–Kier alpha value is -3.05. The van der Waals surface area contributed by atoms with E-state index in [1.54, 1.807) is 0 Å². The van der Waals surface area contributed by atoms with Crippen LogP contribution in [0.4, 0.5) is 5.69 Å². The molecular weight excluding hydrogens is 496 g/mol. The zero-order valence-electron chi connectivity index (χ0n) is 17.6. The maximum absolute atomic E-state index is 9.77. The number of rotatable bonds is 4. The lowest BCUT2D eigenvalue weighted by Crippen LogP contribution is -2.39. The van der Waals surface area contributed by atoms with E-state index in [0.29, 0.717) is 0 Å². The van der Waals surface area contributed by atoms with E-state index < -0.39 is 24.1 Å². The third-order valence-electron chi connectivity index (χ3n) is 5.02. The van der Waals surface area contributed by atoms with Crippen LogP contribution in [0.5, 0.6) is 11.5 Å². The van der Waals surface area contributed by atoms with Gasteiger partial charge in [0.25, 0.3) is 0 Å². The van der Waals surface area contributed by atoms with E-state index in [0.717, 1.165) is 45.9 Å². The molecule has 0 fully saturated rings. The van der Waals surface area contributed by atoms with E-state index >= 15 is 0 Å². The lowest BCUT2D eigenvalue weighted by atomic mass is 9.93. The SMILES string of the molecule is CC1NCCC=C1C1=Nc2ccccc2Oc2ccc(Br)cc21.O=C(O)C(O)C(O)C(=O)O. The van der Waals surface area contributed by atoms with E-state index in [9.17, 15) is 9.59 Å². The highest BCUT2D eigenvalue weighted by Crippen LogP contribution is 2.40. The average molecular weight is 519 g/mol. The number of hydrogen-bond donors (Lipinski definition) is 5. The zero-order valence-corrected chi connectivity index (χ0v) is 19.2. The Morgan fingerprint density at radius 3 is 2.39 bits per heavy atom. The highest BCUT2D eigenvalue weighted by molar-refractivity contribution is 9.10. The van der Waals surface area contributed by atoms with Crippen molar-refractivity contribution in [3.63, 3.8) is 0 Å². The summed E-state index contributed by atoms with van der Waals surface area (Å²) in [7, 11) is 0. The minimum Gasteiger partial charge on any atom is -0.479 e. The molecule has 3 atom stereocenters. The van der Waals surface area contributed by atoms with Gasteiger partial charge in [0, 0.05) is 16.1 Å². The Labute approximate surface area is 198 Å². The molecule has 0 amide bonds. The van der Waals surface area contributed by atoms with E-state index in [4.69, 9.17) is 30.2 Å². The van der Waals surface area contributed by atoms with Crippen LogP contribution in [0.15, 0.2) is 63.6 Å². The lowest BCUT2D eigenvalue weighted by molar-refractivity contribution is -0.165. The van der Waals surface area contributed by atoms with Crippen molar-refractivity contribution in [1.29, 1.82) is 0 Å². The van der Waals surface area contributed by atoms with Crippen LogP contribution in [0.1, 0.15) is 18.9 Å². The van der Waals surface area contributed by atoms with Crippen molar-refractivity contribution in [2.75, 3.05) is 6.54 Å². The molecule has 2 aromatic rings. The number of carbonyl (C=O) groups is 2. The smallest absolute Gasteiger partial charge is 0.335 e. The molecule has 2 aromatic carbocycles. The van der Waals surface area contributed by atoms with Gasteiger partial charge in [0.2, 0.25) is 0 Å². The van der Waals surface area contributed by atoms with Crippen molar-refractivity contribution in [3.8, 4) is 11.5 Å². The normalized spacial score (nSPS) is 18.5. The van der Waals surface area contributed by atoms with Gasteiger partial charge in [0.15, 0.2) is 18.0 Å². The number of aliphatic carboxylic acids is 2. The molecule has 0 radical (unpaired) electrons. The highest BCUT2D eigenvalue weighted by Gasteiger charge is 2.29. The van der Waals surface area contributed by atoms with E-state index in [1.807, 2.05) is 36.4 Å². The molecule has 0 aromatic heterocycles. The molecule has 3 unspecified atom stereocenters. The maximum atomic E-state index is 9.77. The number of ether oxygens (including phenoxy) is 1.